The van der Waals surface area contributed by atoms with Crippen LogP contribution in [0.2, 0.25) is 0 Å². The van der Waals surface area contributed by atoms with E-state index in [1.807, 2.05) is 0 Å². The third-order valence-electron chi connectivity index (χ3n) is 12.5. The molecule has 0 saturated carbocycles. The lowest BCUT2D eigenvalue weighted by Gasteiger charge is -2.18. The summed E-state index contributed by atoms with van der Waals surface area (Å²) in [4.78, 5) is 38.1. The van der Waals surface area contributed by atoms with E-state index in [-0.39, 0.29) is 31.1 Å². The molecule has 72 heavy (non-hydrogen) atoms. The van der Waals surface area contributed by atoms with Crippen molar-refractivity contribution < 1.29 is 28.6 Å². The fourth-order valence-electron chi connectivity index (χ4n) is 8.04. The molecule has 0 bridgehead atoms. The number of hydrogen-bond acceptors (Lipinski definition) is 6. The van der Waals surface area contributed by atoms with Crippen LogP contribution < -0.4 is 0 Å². The standard InChI is InChI=1S/C66H110O6/c1-4-7-10-13-16-19-22-24-26-28-29-30-31-32-33-34-35-36-37-39-40-42-44-47-50-53-56-59-65(68)71-62-63(61-70-64(67)58-55-52-49-46-21-18-15-12-9-6-3)72-66(69)60-57-54-51-48-45-43-41-38-27-25-23-20-17-14-11-8-5-2/h7,10,16-17,19-20,24-27,29-30,32-33,35-36,39-40,63H,4-6,8-9,11-15,18,21-23,28,31,34,37-38,41-62H2,1-3H3/b10-7-,19-16-,20-17-,26-24-,27-25-,30-29-,33-32-,36-35-,40-39-. The quantitative estimate of drug-likeness (QED) is 0.0261. The summed E-state index contributed by atoms with van der Waals surface area (Å²) >= 11 is 0. The average molecular weight is 1000 g/mol. The van der Waals surface area contributed by atoms with Crippen molar-refractivity contribution in [3.63, 3.8) is 0 Å². The zero-order valence-electron chi connectivity index (χ0n) is 46.9. The Bertz CT molecular complexity index is 1470. The monoisotopic (exact) mass is 999 g/mol. The maximum atomic E-state index is 12.8. The van der Waals surface area contributed by atoms with Gasteiger partial charge in [-0.1, -0.05) is 252 Å². The van der Waals surface area contributed by atoms with E-state index in [2.05, 4.69) is 130 Å². The number of carbonyl (C=O) groups is 3. The van der Waals surface area contributed by atoms with Gasteiger partial charge in [0.1, 0.15) is 13.2 Å². The first kappa shape index (κ1) is 68.1. The third-order valence-corrected chi connectivity index (χ3v) is 12.5. The molecule has 1 unspecified atom stereocenters. The molecule has 0 aliphatic rings. The molecule has 410 valence electrons. The van der Waals surface area contributed by atoms with E-state index >= 15 is 0 Å². The van der Waals surface area contributed by atoms with Crippen LogP contribution in [0, 0.1) is 0 Å². The van der Waals surface area contributed by atoms with E-state index in [9.17, 15) is 14.4 Å². The number of ether oxygens (including phenoxy) is 3. The van der Waals surface area contributed by atoms with Crippen molar-refractivity contribution in [1.82, 2.24) is 0 Å². The molecule has 0 radical (unpaired) electrons. The molecule has 6 nitrogen and oxygen atoms in total. The lowest BCUT2D eigenvalue weighted by Crippen LogP contribution is -2.30. The largest absolute Gasteiger partial charge is 0.462 e. The minimum absolute atomic E-state index is 0.0869. The molecule has 0 rings (SSSR count). The van der Waals surface area contributed by atoms with E-state index in [0.717, 1.165) is 135 Å². The summed E-state index contributed by atoms with van der Waals surface area (Å²) in [5.74, 6) is -0.914. The molecule has 0 N–H and O–H groups in total. The summed E-state index contributed by atoms with van der Waals surface area (Å²) in [5.41, 5.74) is 0. The average Bonchev–Trinajstić information content (AvgIpc) is 3.38. The van der Waals surface area contributed by atoms with E-state index in [4.69, 9.17) is 14.2 Å². The van der Waals surface area contributed by atoms with Gasteiger partial charge in [0.25, 0.3) is 0 Å². The maximum absolute atomic E-state index is 12.8. The molecular weight excluding hydrogens is 889 g/mol. The maximum Gasteiger partial charge on any atom is 0.306 e. The molecule has 6 heteroatoms. The first-order chi connectivity index (χ1) is 35.5. The summed E-state index contributed by atoms with van der Waals surface area (Å²) in [7, 11) is 0. The highest BCUT2D eigenvalue weighted by Gasteiger charge is 2.19. The van der Waals surface area contributed by atoms with Gasteiger partial charge < -0.3 is 14.2 Å². The first-order valence-corrected chi connectivity index (χ1v) is 29.9. The lowest BCUT2D eigenvalue weighted by atomic mass is 10.1. The smallest absolute Gasteiger partial charge is 0.306 e. The molecule has 0 aromatic heterocycles. The molecule has 0 heterocycles. The van der Waals surface area contributed by atoms with Gasteiger partial charge in [-0.2, -0.15) is 0 Å². The van der Waals surface area contributed by atoms with Crippen molar-refractivity contribution in [2.45, 2.75) is 277 Å². The molecular formula is C66H110O6. The van der Waals surface area contributed by atoms with E-state index in [1.54, 1.807) is 0 Å². The fourth-order valence-corrected chi connectivity index (χ4v) is 8.04. The van der Waals surface area contributed by atoms with Crippen molar-refractivity contribution >= 4 is 17.9 Å². The predicted octanol–water partition coefficient (Wildman–Crippen LogP) is 20.3. The molecule has 0 spiro atoms. The van der Waals surface area contributed by atoms with Gasteiger partial charge in [-0.3, -0.25) is 14.4 Å². The molecule has 0 aromatic carbocycles. The Morgan fingerprint density at radius 3 is 0.875 bits per heavy atom. The highest BCUT2D eigenvalue weighted by molar-refractivity contribution is 5.71. The molecule has 0 saturated heterocycles. The first-order valence-electron chi connectivity index (χ1n) is 29.9. The summed E-state index contributed by atoms with van der Waals surface area (Å²) < 4.78 is 16.8. The topological polar surface area (TPSA) is 78.9 Å². The summed E-state index contributed by atoms with van der Waals surface area (Å²) in [6, 6.07) is 0. The molecule has 0 aromatic rings. The number of esters is 3. The van der Waals surface area contributed by atoms with E-state index in [0.29, 0.717) is 19.3 Å². The number of hydrogen-bond donors (Lipinski definition) is 0. The Morgan fingerprint density at radius 1 is 0.292 bits per heavy atom. The Labute approximate surface area is 444 Å². The van der Waals surface area contributed by atoms with Crippen LogP contribution in [-0.4, -0.2) is 37.2 Å². The van der Waals surface area contributed by atoms with Crippen LogP contribution in [0.4, 0.5) is 0 Å². The van der Waals surface area contributed by atoms with Gasteiger partial charge >= 0.3 is 17.9 Å². The number of carbonyl (C=O) groups excluding carboxylic acids is 3. The highest BCUT2D eigenvalue weighted by Crippen LogP contribution is 2.15. The minimum Gasteiger partial charge on any atom is -0.462 e. The van der Waals surface area contributed by atoms with Crippen molar-refractivity contribution in [1.29, 1.82) is 0 Å². The Hall–Kier alpha value is -3.93. The molecule has 0 fully saturated rings. The van der Waals surface area contributed by atoms with Crippen molar-refractivity contribution in [3.8, 4) is 0 Å². The second kappa shape index (κ2) is 59.6. The van der Waals surface area contributed by atoms with Gasteiger partial charge in [-0.05, 0) is 109 Å². The molecule has 0 aliphatic heterocycles. The second-order valence-corrected chi connectivity index (χ2v) is 19.5. The van der Waals surface area contributed by atoms with Gasteiger partial charge in [0.05, 0.1) is 0 Å². The molecule has 1 atom stereocenters. The van der Waals surface area contributed by atoms with Crippen LogP contribution in [0.1, 0.15) is 271 Å². The van der Waals surface area contributed by atoms with Crippen molar-refractivity contribution in [2.75, 3.05) is 13.2 Å². The van der Waals surface area contributed by atoms with Gasteiger partial charge in [0, 0.05) is 19.3 Å². The summed E-state index contributed by atoms with van der Waals surface area (Å²) in [6.45, 7) is 6.47. The van der Waals surface area contributed by atoms with Crippen LogP contribution in [0.15, 0.2) is 109 Å². The van der Waals surface area contributed by atoms with Crippen LogP contribution in [0.5, 0.6) is 0 Å². The molecule has 0 aliphatic carbocycles. The van der Waals surface area contributed by atoms with Crippen LogP contribution in [-0.2, 0) is 28.6 Å². The summed E-state index contributed by atoms with van der Waals surface area (Å²) in [6.07, 6.45) is 80.8. The van der Waals surface area contributed by atoms with E-state index < -0.39 is 6.10 Å². The minimum atomic E-state index is -0.790. The zero-order chi connectivity index (χ0) is 52.2. The van der Waals surface area contributed by atoms with Gasteiger partial charge in [-0.15, -0.1) is 0 Å². The molecule has 0 amide bonds. The lowest BCUT2D eigenvalue weighted by molar-refractivity contribution is -0.167. The Balaban J connectivity index is 4.34. The second-order valence-electron chi connectivity index (χ2n) is 19.5. The zero-order valence-corrected chi connectivity index (χ0v) is 46.9. The van der Waals surface area contributed by atoms with Crippen molar-refractivity contribution in [2.24, 2.45) is 0 Å². The van der Waals surface area contributed by atoms with Gasteiger partial charge in [0.2, 0.25) is 0 Å². The number of rotatable bonds is 53. The normalized spacial score (nSPS) is 12.9. The SMILES string of the molecule is CC/C=C\C/C=C\C/C=C\C/C=C\C/C=C\C/C=C\C/C=C\CCCCCCCC(=O)OCC(COC(=O)CCCCCCCCCCCC)OC(=O)CCCCCCCCC/C=C\C/C=C\CCCCC. The highest BCUT2D eigenvalue weighted by atomic mass is 16.6. The predicted molar refractivity (Wildman–Crippen MR) is 311 cm³/mol. The fraction of sp³-hybridized carbons (Fsp3) is 0.682. The number of allylic oxidation sites excluding steroid dienone is 18. The number of unbranched alkanes of at least 4 members (excludes halogenated alkanes) is 24. The van der Waals surface area contributed by atoms with Gasteiger partial charge in [-0.25, -0.2) is 0 Å². The summed E-state index contributed by atoms with van der Waals surface area (Å²) in [5, 5.41) is 0. The van der Waals surface area contributed by atoms with Crippen LogP contribution in [0.25, 0.3) is 0 Å². The van der Waals surface area contributed by atoms with Crippen molar-refractivity contribution in [3.05, 3.63) is 109 Å². The van der Waals surface area contributed by atoms with Crippen LogP contribution in [0.3, 0.4) is 0 Å². The Kier molecular flexibility index (Phi) is 56.4. The third kappa shape index (κ3) is 57.0. The Morgan fingerprint density at radius 2 is 0.542 bits per heavy atom. The van der Waals surface area contributed by atoms with Gasteiger partial charge in [0.15, 0.2) is 6.10 Å². The van der Waals surface area contributed by atoms with E-state index in [1.165, 1.54) is 96.3 Å². The van der Waals surface area contributed by atoms with Crippen LogP contribution >= 0.6 is 0 Å².